The number of nitrogens with zero attached hydrogens (tertiary/aromatic N) is 1. The Labute approximate surface area is 176 Å². The quantitative estimate of drug-likeness (QED) is 0.390. The van der Waals surface area contributed by atoms with Gasteiger partial charge in [-0.3, -0.25) is 9.59 Å². The molecule has 2 aromatic rings. The lowest BCUT2D eigenvalue weighted by atomic mass is 9.95. The molecule has 1 aliphatic heterocycles. The molecule has 2 N–H and O–H groups in total. The van der Waals surface area contributed by atoms with Gasteiger partial charge in [-0.2, -0.15) is 0 Å². The molecule has 7 nitrogen and oxygen atoms in total. The van der Waals surface area contributed by atoms with Gasteiger partial charge in [-0.15, -0.1) is 0 Å². The molecule has 0 bridgehead atoms. The summed E-state index contributed by atoms with van der Waals surface area (Å²) in [4.78, 5) is 26.6. The van der Waals surface area contributed by atoms with Crippen molar-refractivity contribution in [3.63, 3.8) is 0 Å². The molecule has 3 rings (SSSR count). The fourth-order valence-corrected chi connectivity index (χ4v) is 3.62. The SMILES string of the molecule is COc1ccc(C2/C(=C(/O)c3ccc(Br)cc3)C(=O)C(=O)N2CCO)cc1OC. The maximum Gasteiger partial charge on any atom is 0.295 e. The molecule has 0 saturated carbocycles. The molecule has 1 aliphatic rings. The number of ether oxygens (including phenoxy) is 2. The molecule has 2 aromatic carbocycles. The Morgan fingerprint density at radius 3 is 2.31 bits per heavy atom. The summed E-state index contributed by atoms with van der Waals surface area (Å²) in [5.74, 6) is -0.960. The Kier molecular flexibility index (Phi) is 6.24. The first-order valence-corrected chi connectivity index (χ1v) is 9.59. The summed E-state index contributed by atoms with van der Waals surface area (Å²) in [5.41, 5.74) is 0.910. The monoisotopic (exact) mass is 461 g/mol. The number of hydrogen-bond acceptors (Lipinski definition) is 6. The minimum Gasteiger partial charge on any atom is -0.507 e. The number of aliphatic hydroxyl groups excluding tert-OH is 2. The molecular formula is C21H20BrNO6. The van der Waals surface area contributed by atoms with E-state index in [1.54, 1.807) is 42.5 Å². The fourth-order valence-electron chi connectivity index (χ4n) is 3.35. The van der Waals surface area contributed by atoms with E-state index in [1.165, 1.54) is 19.1 Å². The normalized spacial score (nSPS) is 18.2. The number of carbonyl (C=O) groups excluding carboxylic acids is 2. The summed E-state index contributed by atoms with van der Waals surface area (Å²) >= 11 is 3.33. The Balaban J connectivity index is 2.20. The fraction of sp³-hybridized carbons (Fsp3) is 0.238. The second-order valence-corrected chi connectivity index (χ2v) is 7.25. The van der Waals surface area contributed by atoms with E-state index >= 15 is 0 Å². The van der Waals surface area contributed by atoms with E-state index in [0.29, 0.717) is 22.6 Å². The zero-order valence-electron chi connectivity index (χ0n) is 15.9. The number of rotatable bonds is 6. The Hall–Kier alpha value is -2.84. The molecule has 1 amide bonds. The molecule has 1 unspecified atom stereocenters. The summed E-state index contributed by atoms with van der Waals surface area (Å²) in [7, 11) is 2.98. The smallest absolute Gasteiger partial charge is 0.295 e. The third-order valence-electron chi connectivity index (χ3n) is 4.72. The summed E-state index contributed by atoms with van der Waals surface area (Å²) in [6, 6.07) is 10.9. The van der Waals surface area contributed by atoms with Crippen LogP contribution in [0.15, 0.2) is 52.5 Å². The van der Waals surface area contributed by atoms with Crippen LogP contribution in [0.2, 0.25) is 0 Å². The van der Waals surface area contributed by atoms with E-state index < -0.39 is 17.7 Å². The molecule has 0 aliphatic carbocycles. The number of ketones is 1. The van der Waals surface area contributed by atoms with Gasteiger partial charge < -0.3 is 24.6 Å². The standard InChI is InChI=1S/C21H20BrNO6/c1-28-15-8-5-13(11-16(15)29-2)18-17(20(26)21(27)23(18)9-10-24)19(25)12-3-6-14(22)7-4-12/h3-8,11,18,24-25H,9-10H2,1-2H3/b19-17-. The zero-order valence-corrected chi connectivity index (χ0v) is 17.5. The van der Waals surface area contributed by atoms with Gasteiger partial charge in [-0.05, 0) is 29.8 Å². The van der Waals surface area contributed by atoms with Crippen molar-refractivity contribution < 1.29 is 29.3 Å². The van der Waals surface area contributed by atoms with E-state index in [9.17, 15) is 19.8 Å². The highest BCUT2D eigenvalue weighted by Gasteiger charge is 2.46. The molecule has 152 valence electrons. The molecule has 1 saturated heterocycles. The molecule has 1 fully saturated rings. The minimum atomic E-state index is -0.870. The Bertz CT molecular complexity index is 970. The van der Waals surface area contributed by atoms with Gasteiger partial charge in [0.15, 0.2) is 11.5 Å². The average molecular weight is 462 g/mol. The van der Waals surface area contributed by atoms with Crippen molar-refractivity contribution >= 4 is 33.4 Å². The second-order valence-electron chi connectivity index (χ2n) is 6.34. The number of hydrogen-bond donors (Lipinski definition) is 2. The molecule has 1 atom stereocenters. The van der Waals surface area contributed by atoms with Crippen LogP contribution in [0.1, 0.15) is 17.2 Å². The van der Waals surface area contributed by atoms with Crippen molar-refractivity contribution in [1.82, 2.24) is 4.90 Å². The number of benzene rings is 2. The number of β-amino-alcohol motifs (C(OH)–C–C–N with tert-alkyl or cyclic N) is 1. The van der Waals surface area contributed by atoms with Crippen LogP contribution in [0.4, 0.5) is 0 Å². The predicted octanol–water partition coefficient (Wildman–Crippen LogP) is 2.88. The highest BCUT2D eigenvalue weighted by molar-refractivity contribution is 9.10. The number of likely N-dealkylation sites (tertiary alicyclic amines) is 1. The van der Waals surface area contributed by atoms with Crippen LogP contribution in [0.5, 0.6) is 11.5 Å². The maximum atomic E-state index is 12.8. The third kappa shape index (κ3) is 3.86. The maximum absolute atomic E-state index is 12.8. The van der Waals surface area contributed by atoms with E-state index in [1.807, 2.05) is 0 Å². The van der Waals surface area contributed by atoms with Gasteiger partial charge in [-0.25, -0.2) is 0 Å². The number of methoxy groups -OCH3 is 2. The molecule has 0 spiro atoms. The van der Waals surface area contributed by atoms with Crippen LogP contribution >= 0.6 is 15.9 Å². The van der Waals surface area contributed by atoms with E-state index in [-0.39, 0.29) is 24.5 Å². The molecule has 1 heterocycles. The minimum absolute atomic E-state index is 0.0435. The average Bonchev–Trinajstić information content (AvgIpc) is 2.98. The third-order valence-corrected chi connectivity index (χ3v) is 5.25. The van der Waals surface area contributed by atoms with Crippen molar-refractivity contribution in [1.29, 1.82) is 0 Å². The van der Waals surface area contributed by atoms with Crippen LogP contribution in [0, 0.1) is 0 Å². The van der Waals surface area contributed by atoms with Crippen molar-refractivity contribution in [2.45, 2.75) is 6.04 Å². The highest BCUT2D eigenvalue weighted by Crippen LogP contribution is 2.41. The number of carbonyl (C=O) groups is 2. The summed E-state index contributed by atoms with van der Waals surface area (Å²) < 4.78 is 11.4. The molecular weight excluding hydrogens is 442 g/mol. The molecule has 29 heavy (non-hydrogen) atoms. The van der Waals surface area contributed by atoms with Crippen molar-refractivity contribution in [2.75, 3.05) is 27.4 Å². The zero-order chi connectivity index (χ0) is 21.1. The first kappa shape index (κ1) is 20.9. The van der Waals surface area contributed by atoms with Gasteiger partial charge in [0, 0.05) is 16.6 Å². The first-order valence-electron chi connectivity index (χ1n) is 8.80. The summed E-state index contributed by atoms with van der Waals surface area (Å²) in [6.45, 7) is -0.379. The van der Waals surface area contributed by atoms with E-state index in [2.05, 4.69) is 15.9 Å². The lowest BCUT2D eigenvalue weighted by Crippen LogP contribution is -2.32. The number of aliphatic hydroxyl groups is 2. The van der Waals surface area contributed by atoms with E-state index in [0.717, 1.165) is 4.47 Å². The first-order chi connectivity index (χ1) is 13.9. The van der Waals surface area contributed by atoms with Gasteiger partial charge in [0.05, 0.1) is 32.4 Å². The lowest BCUT2D eigenvalue weighted by molar-refractivity contribution is -0.140. The lowest BCUT2D eigenvalue weighted by Gasteiger charge is -2.25. The van der Waals surface area contributed by atoms with E-state index in [4.69, 9.17) is 9.47 Å². The number of halogens is 1. The van der Waals surface area contributed by atoms with Gasteiger partial charge in [0.25, 0.3) is 11.7 Å². The van der Waals surface area contributed by atoms with Gasteiger partial charge in [0.2, 0.25) is 0 Å². The van der Waals surface area contributed by atoms with Crippen molar-refractivity contribution in [2.24, 2.45) is 0 Å². The Morgan fingerprint density at radius 2 is 1.72 bits per heavy atom. The van der Waals surface area contributed by atoms with Crippen LogP contribution in [-0.4, -0.2) is 54.2 Å². The summed E-state index contributed by atoms with van der Waals surface area (Å²) in [5, 5.41) is 20.3. The van der Waals surface area contributed by atoms with Gasteiger partial charge >= 0.3 is 0 Å². The highest BCUT2D eigenvalue weighted by atomic mass is 79.9. The molecule has 0 aromatic heterocycles. The van der Waals surface area contributed by atoms with Crippen LogP contribution in [0.25, 0.3) is 5.76 Å². The van der Waals surface area contributed by atoms with Crippen LogP contribution in [-0.2, 0) is 9.59 Å². The topological polar surface area (TPSA) is 96.3 Å². The Morgan fingerprint density at radius 1 is 1.07 bits per heavy atom. The molecule has 8 heteroatoms. The predicted molar refractivity (Wildman–Crippen MR) is 110 cm³/mol. The number of Topliss-reactive ketones (excluding diaryl/α,β-unsaturated/α-hetero) is 1. The largest absolute Gasteiger partial charge is 0.507 e. The number of amides is 1. The summed E-state index contributed by atoms with van der Waals surface area (Å²) in [6.07, 6.45) is 0. The van der Waals surface area contributed by atoms with Crippen LogP contribution < -0.4 is 9.47 Å². The van der Waals surface area contributed by atoms with Crippen LogP contribution in [0.3, 0.4) is 0 Å². The van der Waals surface area contributed by atoms with Crippen molar-refractivity contribution in [3.8, 4) is 11.5 Å². The van der Waals surface area contributed by atoms with Gasteiger partial charge in [-0.1, -0.05) is 34.1 Å². The second kappa shape index (κ2) is 8.67. The van der Waals surface area contributed by atoms with Gasteiger partial charge in [0.1, 0.15) is 5.76 Å². The molecule has 0 radical (unpaired) electrons. The van der Waals surface area contributed by atoms with Crippen molar-refractivity contribution in [3.05, 3.63) is 63.6 Å².